The molecular formula is C15H26O4. The highest BCUT2D eigenvalue weighted by atomic mass is 16.6. The van der Waals surface area contributed by atoms with E-state index in [4.69, 9.17) is 9.47 Å². The first-order valence-electron chi connectivity index (χ1n) is 7.52. The molecule has 1 fully saturated rings. The van der Waals surface area contributed by atoms with Gasteiger partial charge in [0, 0.05) is 0 Å². The molecule has 0 aromatic heterocycles. The van der Waals surface area contributed by atoms with Crippen LogP contribution >= 0.6 is 0 Å². The Kier molecular flexibility index (Phi) is 6.89. The molecule has 1 aliphatic carbocycles. The van der Waals surface area contributed by atoms with E-state index >= 15 is 0 Å². The van der Waals surface area contributed by atoms with E-state index in [0.29, 0.717) is 26.1 Å². The Morgan fingerprint density at radius 2 is 1.16 bits per heavy atom. The van der Waals surface area contributed by atoms with Gasteiger partial charge < -0.3 is 9.47 Å². The monoisotopic (exact) mass is 270 g/mol. The van der Waals surface area contributed by atoms with Crippen LogP contribution in [0.15, 0.2) is 0 Å². The maximum absolute atomic E-state index is 12.3. The second kappa shape index (κ2) is 8.18. The zero-order valence-electron chi connectivity index (χ0n) is 12.2. The van der Waals surface area contributed by atoms with Gasteiger partial charge in [0.1, 0.15) is 0 Å². The number of rotatable bonds is 4. The summed E-state index contributed by atoms with van der Waals surface area (Å²) in [5.74, 6) is -0.786. The molecule has 4 nitrogen and oxygen atoms in total. The fourth-order valence-corrected chi connectivity index (χ4v) is 2.72. The summed E-state index contributed by atoms with van der Waals surface area (Å²) in [5, 5.41) is 0. The summed E-state index contributed by atoms with van der Waals surface area (Å²) in [4.78, 5) is 24.6. The van der Waals surface area contributed by atoms with Crippen molar-refractivity contribution in [2.45, 2.75) is 65.2 Å². The molecule has 0 aromatic rings. The third kappa shape index (κ3) is 4.22. The fraction of sp³-hybridized carbons (Fsp3) is 0.867. The highest BCUT2D eigenvalue weighted by Crippen LogP contribution is 2.36. The smallest absolute Gasteiger partial charge is 0.323 e. The molecule has 1 aliphatic rings. The highest BCUT2D eigenvalue weighted by molar-refractivity contribution is 6.00. The summed E-state index contributed by atoms with van der Waals surface area (Å²) < 4.78 is 10.3. The molecule has 0 aliphatic heterocycles. The molecule has 0 heterocycles. The van der Waals surface area contributed by atoms with Crippen LogP contribution in [-0.2, 0) is 19.1 Å². The first-order valence-corrected chi connectivity index (χ1v) is 7.52. The SMILES string of the molecule is CCOC(=O)C1(C(=O)OCC)CCCCCCCC1. The summed E-state index contributed by atoms with van der Waals surface area (Å²) in [6.07, 6.45) is 7.40. The molecule has 110 valence electrons. The highest BCUT2D eigenvalue weighted by Gasteiger charge is 2.47. The second-order valence-corrected chi connectivity index (χ2v) is 5.14. The normalized spacial score (nSPS) is 19.7. The van der Waals surface area contributed by atoms with Crippen LogP contribution in [0.4, 0.5) is 0 Å². The summed E-state index contributed by atoms with van der Waals surface area (Å²) in [5.41, 5.74) is -1.06. The van der Waals surface area contributed by atoms with Gasteiger partial charge in [0.15, 0.2) is 5.41 Å². The van der Waals surface area contributed by atoms with Crippen LogP contribution in [0, 0.1) is 5.41 Å². The predicted molar refractivity (Wildman–Crippen MR) is 72.6 cm³/mol. The Bertz CT molecular complexity index is 269. The minimum Gasteiger partial charge on any atom is -0.465 e. The van der Waals surface area contributed by atoms with Gasteiger partial charge in [-0.2, -0.15) is 0 Å². The molecule has 0 spiro atoms. The van der Waals surface area contributed by atoms with Crippen LogP contribution in [0.2, 0.25) is 0 Å². The van der Waals surface area contributed by atoms with Crippen molar-refractivity contribution in [3.63, 3.8) is 0 Å². The lowest BCUT2D eigenvalue weighted by Crippen LogP contribution is -2.42. The van der Waals surface area contributed by atoms with Gasteiger partial charge in [-0.1, -0.05) is 38.5 Å². The molecule has 0 radical (unpaired) electrons. The summed E-state index contributed by atoms with van der Waals surface area (Å²) in [7, 11) is 0. The van der Waals surface area contributed by atoms with E-state index < -0.39 is 17.4 Å². The molecular weight excluding hydrogens is 244 g/mol. The quantitative estimate of drug-likeness (QED) is 0.581. The minimum absolute atomic E-state index is 0.306. The van der Waals surface area contributed by atoms with Gasteiger partial charge in [-0.25, -0.2) is 0 Å². The van der Waals surface area contributed by atoms with Crippen LogP contribution in [-0.4, -0.2) is 25.2 Å². The number of hydrogen-bond acceptors (Lipinski definition) is 4. The summed E-state index contributed by atoms with van der Waals surface area (Å²) >= 11 is 0. The van der Waals surface area contributed by atoms with Gasteiger partial charge in [0.05, 0.1) is 13.2 Å². The fourth-order valence-electron chi connectivity index (χ4n) is 2.72. The zero-order chi connectivity index (χ0) is 14.1. The Morgan fingerprint density at radius 3 is 1.53 bits per heavy atom. The van der Waals surface area contributed by atoms with E-state index in [1.165, 1.54) is 12.8 Å². The topological polar surface area (TPSA) is 52.6 Å². The molecule has 0 saturated heterocycles. The Hall–Kier alpha value is -1.06. The molecule has 0 N–H and O–H groups in total. The van der Waals surface area contributed by atoms with Crippen molar-refractivity contribution in [2.75, 3.05) is 13.2 Å². The van der Waals surface area contributed by atoms with Crippen LogP contribution < -0.4 is 0 Å². The zero-order valence-corrected chi connectivity index (χ0v) is 12.2. The van der Waals surface area contributed by atoms with Crippen molar-refractivity contribution >= 4 is 11.9 Å². The maximum atomic E-state index is 12.3. The largest absolute Gasteiger partial charge is 0.465 e. The Labute approximate surface area is 115 Å². The van der Waals surface area contributed by atoms with Crippen LogP contribution in [0.25, 0.3) is 0 Å². The number of carbonyl (C=O) groups is 2. The molecule has 1 saturated carbocycles. The van der Waals surface area contributed by atoms with Gasteiger partial charge in [-0.15, -0.1) is 0 Å². The van der Waals surface area contributed by atoms with E-state index in [1.807, 2.05) is 0 Å². The third-order valence-electron chi connectivity index (χ3n) is 3.79. The van der Waals surface area contributed by atoms with Crippen molar-refractivity contribution < 1.29 is 19.1 Å². The third-order valence-corrected chi connectivity index (χ3v) is 3.79. The minimum atomic E-state index is -1.06. The van der Waals surface area contributed by atoms with Crippen LogP contribution in [0.5, 0.6) is 0 Å². The van der Waals surface area contributed by atoms with Crippen molar-refractivity contribution in [2.24, 2.45) is 5.41 Å². The average Bonchev–Trinajstić information content (AvgIpc) is 2.51. The molecule has 0 atom stereocenters. The lowest BCUT2D eigenvalue weighted by Gasteiger charge is -2.28. The van der Waals surface area contributed by atoms with Crippen molar-refractivity contribution in [3.8, 4) is 0 Å². The average molecular weight is 270 g/mol. The van der Waals surface area contributed by atoms with Crippen molar-refractivity contribution in [1.82, 2.24) is 0 Å². The van der Waals surface area contributed by atoms with E-state index in [0.717, 1.165) is 25.7 Å². The first kappa shape index (κ1) is 16.0. The van der Waals surface area contributed by atoms with E-state index in [-0.39, 0.29) is 0 Å². The first-order chi connectivity index (χ1) is 9.17. The molecule has 0 aromatic carbocycles. The van der Waals surface area contributed by atoms with Gasteiger partial charge >= 0.3 is 11.9 Å². The number of hydrogen-bond donors (Lipinski definition) is 0. The summed E-state index contributed by atoms with van der Waals surface area (Å²) in [6, 6.07) is 0. The van der Waals surface area contributed by atoms with Crippen molar-refractivity contribution in [1.29, 1.82) is 0 Å². The van der Waals surface area contributed by atoms with Crippen LogP contribution in [0.1, 0.15) is 65.2 Å². The standard InChI is InChI=1S/C15H26O4/c1-3-18-13(16)15(14(17)19-4-2)11-9-7-5-6-8-10-12-15/h3-12H2,1-2H3. The Balaban J connectivity index is 2.91. The molecule has 0 unspecified atom stereocenters. The van der Waals surface area contributed by atoms with E-state index in [9.17, 15) is 9.59 Å². The number of ether oxygens (including phenoxy) is 2. The van der Waals surface area contributed by atoms with Gasteiger partial charge in [0.25, 0.3) is 0 Å². The molecule has 4 heteroatoms. The van der Waals surface area contributed by atoms with Crippen molar-refractivity contribution in [3.05, 3.63) is 0 Å². The van der Waals surface area contributed by atoms with E-state index in [1.54, 1.807) is 13.8 Å². The molecule has 1 rings (SSSR count). The lowest BCUT2D eigenvalue weighted by molar-refractivity contribution is -0.173. The van der Waals surface area contributed by atoms with Crippen LogP contribution in [0.3, 0.4) is 0 Å². The molecule has 0 bridgehead atoms. The van der Waals surface area contributed by atoms with Gasteiger partial charge in [-0.3, -0.25) is 9.59 Å². The van der Waals surface area contributed by atoms with Gasteiger partial charge in [-0.05, 0) is 26.7 Å². The van der Waals surface area contributed by atoms with Gasteiger partial charge in [0.2, 0.25) is 0 Å². The van der Waals surface area contributed by atoms with E-state index in [2.05, 4.69) is 0 Å². The summed E-state index contributed by atoms with van der Waals surface area (Å²) in [6.45, 7) is 4.15. The second-order valence-electron chi connectivity index (χ2n) is 5.14. The maximum Gasteiger partial charge on any atom is 0.323 e. The Morgan fingerprint density at radius 1 is 0.789 bits per heavy atom. The lowest BCUT2D eigenvalue weighted by atomic mass is 9.78. The molecule has 19 heavy (non-hydrogen) atoms. The predicted octanol–water partition coefficient (Wildman–Crippen LogP) is 3.23. The number of carbonyl (C=O) groups excluding carboxylic acids is 2. The number of esters is 2. The molecule has 0 amide bonds.